The van der Waals surface area contributed by atoms with Crippen molar-refractivity contribution >= 4 is 34.4 Å². The number of thioether (sulfide) groups is 1. The summed E-state index contributed by atoms with van der Waals surface area (Å²) in [5.41, 5.74) is 5.00. The molecule has 0 atom stereocenters. The van der Waals surface area contributed by atoms with Gasteiger partial charge in [-0.25, -0.2) is 4.98 Å². The molecule has 1 heterocycles. The molecule has 1 aromatic heterocycles. The van der Waals surface area contributed by atoms with Crippen LogP contribution in [0.3, 0.4) is 0 Å². The number of amides is 1. The van der Waals surface area contributed by atoms with Crippen molar-refractivity contribution in [3.05, 3.63) is 63.6 Å². The van der Waals surface area contributed by atoms with Gasteiger partial charge in [0.2, 0.25) is 5.91 Å². The Labute approximate surface area is 169 Å². The molecular weight excluding hydrogens is 370 g/mol. The number of rotatable bonds is 6. The number of hydrogen-bond acceptors (Lipinski definition) is 4. The number of aromatic nitrogens is 2. The minimum atomic E-state index is -0.152. The van der Waals surface area contributed by atoms with E-state index in [-0.39, 0.29) is 11.5 Å². The van der Waals surface area contributed by atoms with E-state index >= 15 is 0 Å². The monoisotopic (exact) mass is 395 g/mol. The van der Waals surface area contributed by atoms with Gasteiger partial charge in [0.15, 0.2) is 0 Å². The molecule has 5 nitrogen and oxygen atoms in total. The SMILES string of the molecule is Cc1cc2nc(CSc3ccc(NC(=O)CC(C)C)cc3)c(=O)[nH]c2cc1C. The largest absolute Gasteiger partial charge is 0.326 e. The Morgan fingerprint density at radius 1 is 1.14 bits per heavy atom. The molecule has 0 fully saturated rings. The van der Waals surface area contributed by atoms with Crippen LogP contribution in [-0.2, 0) is 10.5 Å². The molecule has 0 aliphatic carbocycles. The van der Waals surface area contributed by atoms with Crippen LogP contribution in [0.15, 0.2) is 46.1 Å². The summed E-state index contributed by atoms with van der Waals surface area (Å²) in [7, 11) is 0. The Kier molecular flexibility index (Phi) is 6.19. The van der Waals surface area contributed by atoms with Crippen molar-refractivity contribution in [2.45, 2.75) is 44.8 Å². The van der Waals surface area contributed by atoms with E-state index < -0.39 is 0 Å². The molecular formula is C22H25N3O2S. The maximum absolute atomic E-state index is 12.3. The van der Waals surface area contributed by atoms with Gasteiger partial charge in [0.1, 0.15) is 5.69 Å². The number of carbonyl (C=O) groups excluding carboxylic acids is 1. The van der Waals surface area contributed by atoms with Gasteiger partial charge in [-0.3, -0.25) is 9.59 Å². The Morgan fingerprint density at radius 2 is 1.82 bits per heavy atom. The second-order valence-corrected chi connectivity index (χ2v) is 8.47. The number of nitrogens with one attached hydrogen (secondary N) is 2. The van der Waals surface area contributed by atoms with Crippen molar-refractivity contribution in [3.63, 3.8) is 0 Å². The van der Waals surface area contributed by atoms with Crippen LogP contribution >= 0.6 is 11.8 Å². The first kappa shape index (κ1) is 20.1. The Morgan fingerprint density at radius 3 is 2.50 bits per heavy atom. The summed E-state index contributed by atoms with van der Waals surface area (Å²) >= 11 is 1.55. The van der Waals surface area contributed by atoms with Crippen LogP contribution in [0.4, 0.5) is 5.69 Å². The van der Waals surface area contributed by atoms with Crippen molar-refractivity contribution in [2.24, 2.45) is 5.92 Å². The van der Waals surface area contributed by atoms with Gasteiger partial charge in [-0.1, -0.05) is 13.8 Å². The van der Waals surface area contributed by atoms with Crippen molar-refractivity contribution in [1.82, 2.24) is 9.97 Å². The number of hydrogen-bond donors (Lipinski definition) is 2. The molecule has 6 heteroatoms. The highest BCUT2D eigenvalue weighted by Crippen LogP contribution is 2.24. The molecule has 3 aromatic rings. The lowest BCUT2D eigenvalue weighted by Gasteiger charge is -2.08. The van der Waals surface area contributed by atoms with Gasteiger partial charge >= 0.3 is 0 Å². The second kappa shape index (κ2) is 8.61. The molecule has 0 saturated carbocycles. The molecule has 2 N–H and O–H groups in total. The summed E-state index contributed by atoms with van der Waals surface area (Å²) in [6.45, 7) is 8.10. The van der Waals surface area contributed by atoms with Gasteiger partial charge in [-0.05, 0) is 67.3 Å². The van der Waals surface area contributed by atoms with Gasteiger partial charge in [-0.15, -0.1) is 11.8 Å². The van der Waals surface area contributed by atoms with E-state index in [1.807, 2.05) is 64.1 Å². The van der Waals surface area contributed by atoms with Gasteiger partial charge in [0, 0.05) is 22.8 Å². The summed E-state index contributed by atoms with van der Waals surface area (Å²) in [6, 6.07) is 11.6. The smallest absolute Gasteiger partial charge is 0.271 e. The number of benzene rings is 2. The molecule has 0 radical (unpaired) electrons. The fourth-order valence-corrected chi connectivity index (χ4v) is 3.68. The van der Waals surface area contributed by atoms with Crippen LogP contribution < -0.4 is 10.9 Å². The lowest BCUT2D eigenvalue weighted by Crippen LogP contribution is -2.14. The normalized spacial score (nSPS) is 11.2. The number of aromatic amines is 1. The highest BCUT2D eigenvalue weighted by Gasteiger charge is 2.08. The third-order valence-corrected chi connectivity index (χ3v) is 5.51. The third-order valence-electron chi connectivity index (χ3n) is 4.49. The number of aryl methyl sites for hydroxylation is 2. The number of H-pyrrole nitrogens is 1. The van der Waals surface area contributed by atoms with Crippen LogP contribution in [0.25, 0.3) is 11.0 Å². The first-order valence-electron chi connectivity index (χ1n) is 9.34. The zero-order valence-corrected chi connectivity index (χ0v) is 17.4. The fraction of sp³-hybridized carbons (Fsp3) is 0.318. The van der Waals surface area contributed by atoms with Crippen LogP contribution in [0.1, 0.15) is 37.1 Å². The standard InChI is InChI=1S/C22H25N3O2S/c1-13(2)9-21(26)23-16-5-7-17(8-6-16)28-12-20-22(27)25-19-11-15(4)14(3)10-18(19)24-20/h5-8,10-11,13H,9,12H2,1-4H3,(H,23,26)(H,25,27). The van der Waals surface area contributed by atoms with E-state index in [1.165, 1.54) is 0 Å². The second-order valence-electron chi connectivity index (χ2n) is 7.43. The predicted octanol–water partition coefficient (Wildman–Crippen LogP) is 4.82. The molecule has 3 rings (SSSR count). The van der Waals surface area contributed by atoms with E-state index in [9.17, 15) is 9.59 Å². The maximum Gasteiger partial charge on any atom is 0.271 e. The maximum atomic E-state index is 12.3. The Balaban J connectivity index is 1.68. The summed E-state index contributed by atoms with van der Waals surface area (Å²) < 4.78 is 0. The van der Waals surface area contributed by atoms with E-state index in [0.717, 1.165) is 32.7 Å². The average molecular weight is 396 g/mol. The zero-order chi connectivity index (χ0) is 20.3. The van der Waals surface area contributed by atoms with Crippen molar-refractivity contribution < 1.29 is 4.79 Å². The van der Waals surface area contributed by atoms with E-state index in [0.29, 0.717) is 23.8 Å². The molecule has 0 bridgehead atoms. The summed E-state index contributed by atoms with van der Waals surface area (Å²) in [6.07, 6.45) is 0.506. The highest BCUT2D eigenvalue weighted by molar-refractivity contribution is 7.98. The molecule has 2 aromatic carbocycles. The van der Waals surface area contributed by atoms with Crippen LogP contribution in [0, 0.1) is 19.8 Å². The van der Waals surface area contributed by atoms with E-state index in [1.54, 1.807) is 11.8 Å². The molecule has 0 spiro atoms. The van der Waals surface area contributed by atoms with Gasteiger partial charge < -0.3 is 10.3 Å². The quantitative estimate of drug-likeness (QED) is 0.587. The first-order valence-corrected chi connectivity index (χ1v) is 10.3. The topological polar surface area (TPSA) is 74.8 Å². The molecule has 28 heavy (non-hydrogen) atoms. The highest BCUT2D eigenvalue weighted by atomic mass is 32.2. The molecule has 0 aliphatic heterocycles. The minimum Gasteiger partial charge on any atom is -0.326 e. The van der Waals surface area contributed by atoms with Gasteiger partial charge in [0.25, 0.3) is 5.56 Å². The molecule has 0 saturated heterocycles. The van der Waals surface area contributed by atoms with Crippen LogP contribution in [-0.4, -0.2) is 15.9 Å². The predicted molar refractivity (Wildman–Crippen MR) is 116 cm³/mol. The first-order chi connectivity index (χ1) is 13.3. The zero-order valence-electron chi connectivity index (χ0n) is 16.6. The lowest BCUT2D eigenvalue weighted by molar-refractivity contribution is -0.116. The third kappa shape index (κ3) is 5.01. The molecule has 146 valence electrons. The average Bonchev–Trinajstić information content (AvgIpc) is 2.62. The van der Waals surface area contributed by atoms with E-state index in [4.69, 9.17) is 0 Å². The van der Waals surface area contributed by atoms with Crippen molar-refractivity contribution in [1.29, 1.82) is 0 Å². The van der Waals surface area contributed by atoms with Crippen LogP contribution in [0.5, 0.6) is 0 Å². The lowest BCUT2D eigenvalue weighted by atomic mass is 10.1. The van der Waals surface area contributed by atoms with E-state index in [2.05, 4.69) is 15.3 Å². The number of carbonyl (C=O) groups is 1. The number of fused-ring (bicyclic) bond motifs is 1. The molecule has 1 amide bonds. The molecule has 0 unspecified atom stereocenters. The Bertz CT molecular complexity index is 1060. The molecule has 0 aliphatic rings. The summed E-state index contributed by atoms with van der Waals surface area (Å²) in [4.78, 5) is 32.7. The van der Waals surface area contributed by atoms with Crippen molar-refractivity contribution in [2.75, 3.05) is 5.32 Å². The summed E-state index contributed by atoms with van der Waals surface area (Å²) in [5, 5.41) is 2.90. The van der Waals surface area contributed by atoms with Crippen LogP contribution in [0.2, 0.25) is 0 Å². The minimum absolute atomic E-state index is 0.0211. The van der Waals surface area contributed by atoms with Crippen molar-refractivity contribution in [3.8, 4) is 0 Å². The summed E-state index contributed by atoms with van der Waals surface area (Å²) in [5.74, 6) is 0.833. The van der Waals surface area contributed by atoms with Gasteiger partial charge in [0.05, 0.1) is 11.0 Å². The number of nitrogens with zero attached hydrogens (tertiary/aromatic N) is 1. The van der Waals surface area contributed by atoms with Gasteiger partial charge in [-0.2, -0.15) is 0 Å². The number of anilines is 1. The fourth-order valence-electron chi connectivity index (χ4n) is 2.85. The Hall–Kier alpha value is -2.60.